The third-order valence-electron chi connectivity index (χ3n) is 5.22. The number of fused-ring (bicyclic) bond motifs is 1. The molecule has 0 unspecified atom stereocenters. The van der Waals surface area contributed by atoms with Crippen LogP contribution in [0.1, 0.15) is 22.4 Å². The van der Waals surface area contributed by atoms with Crippen molar-refractivity contribution in [1.29, 1.82) is 0 Å². The lowest BCUT2D eigenvalue weighted by atomic mass is 10.0. The van der Waals surface area contributed by atoms with Gasteiger partial charge < -0.3 is 4.98 Å². The molecular weight excluding hydrogens is 411 g/mol. The van der Waals surface area contributed by atoms with E-state index in [0.717, 1.165) is 25.2 Å². The molecule has 1 aliphatic heterocycles. The number of nitrogens with one attached hydrogen (secondary N) is 1. The van der Waals surface area contributed by atoms with Crippen molar-refractivity contribution >= 4 is 11.8 Å². The maximum absolute atomic E-state index is 12.8. The number of aromatic nitrogens is 2. The molecule has 4 nitrogen and oxygen atoms in total. The molecule has 0 bridgehead atoms. The van der Waals surface area contributed by atoms with Crippen LogP contribution in [0.4, 0.5) is 13.2 Å². The first-order chi connectivity index (χ1) is 14.3. The van der Waals surface area contributed by atoms with Gasteiger partial charge in [-0.25, -0.2) is 4.98 Å². The molecule has 0 spiro atoms. The van der Waals surface area contributed by atoms with Crippen LogP contribution in [0.25, 0.3) is 11.4 Å². The van der Waals surface area contributed by atoms with Gasteiger partial charge in [0.15, 0.2) is 0 Å². The van der Waals surface area contributed by atoms with Crippen LogP contribution in [0, 0.1) is 0 Å². The van der Waals surface area contributed by atoms with Gasteiger partial charge in [0.1, 0.15) is 5.82 Å². The molecule has 8 heteroatoms. The smallest absolute Gasteiger partial charge is 0.306 e. The van der Waals surface area contributed by atoms with E-state index in [1.54, 1.807) is 11.8 Å². The van der Waals surface area contributed by atoms with Crippen LogP contribution in [0.2, 0.25) is 0 Å². The first kappa shape index (κ1) is 20.7. The predicted octanol–water partition coefficient (Wildman–Crippen LogP) is 4.74. The van der Waals surface area contributed by atoms with Crippen molar-refractivity contribution in [2.75, 3.05) is 12.8 Å². The number of benzene rings is 2. The Morgan fingerprint density at radius 1 is 1.13 bits per heavy atom. The Balaban J connectivity index is 1.56. The minimum atomic E-state index is -4.40. The Bertz CT molecular complexity index is 1110. The SMILES string of the molecule is CSc1ccccc1CN1CCc2nc(-c3ccc(C(F)(F)F)cc3)[nH]c(=O)c2C1. The van der Waals surface area contributed by atoms with Gasteiger partial charge in [-0.3, -0.25) is 9.69 Å². The molecule has 0 amide bonds. The molecule has 0 aliphatic carbocycles. The van der Waals surface area contributed by atoms with Crippen molar-refractivity contribution in [3.63, 3.8) is 0 Å². The molecule has 0 saturated carbocycles. The summed E-state index contributed by atoms with van der Waals surface area (Å²) in [6.45, 7) is 2.00. The molecule has 1 N–H and O–H groups in total. The lowest BCUT2D eigenvalue weighted by molar-refractivity contribution is -0.137. The van der Waals surface area contributed by atoms with E-state index < -0.39 is 11.7 Å². The van der Waals surface area contributed by atoms with Gasteiger partial charge in [0, 0.05) is 36.5 Å². The fourth-order valence-corrected chi connectivity index (χ4v) is 4.25. The molecule has 0 atom stereocenters. The Labute approximate surface area is 176 Å². The Hall–Kier alpha value is -2.58. The highest BCUT2D eigenvalue weighted by atomic mass is 32.2. The van der Waals surface area contributed by atoms with Gasteiger partial charge in [-0.15, -0.1) is 11.8 Å². The average Bonchev–Trinajstić information content (AvgIpc) is 2.74. The molecule has 0 saturated heterocycles. The van der Waals surface area contributed by atoms with Gasteiger partial charge in [0.2, 0.25) is 0 Å². The summed E-state index contributed by atoms with van der Waals surface area (Å²) in [6, 6.07) is 12.9. The number of halogens is 3. The zero-order valence-corrected chi connectivity index (χ0v) is 17.1. The number of thioether (sulfide) groups is 1. The van der Waals surface area contributed by atoms with Crippen molar-refractivity contribution in [2.45, 2.75) is 30.6 Å². The maximum Gasteiger partial charge on any atom is 0.416 e. The highest BCUT2D eigenvalue weighted by Crippen LogP contribution is 2.30. The van der Waals surface area contributed by atoms with E-state index in [0.29, 0.717) is 35.6 Å². The van der Waals surface area contributed by atoms with Crippen molar-refractivity contribution in [1.82, 2.24) is 14.9 Å². The van der Waals surface area contributed by atoms with Crippen LogP contribution in [0.5, 0.6) is 0 Å². The molecule has 0 radical (unpaired) electrons. The van der Waals surface area contributed by atoms with E-state index in [9.17, 15) is 18.0 Å². The minimum Gasteiger partial charge on any atom is -0.306 e. The predicted molar refractivity (Wildman–Crippen MR) is 111 cm³/mol. The fraction of sp³-hybridized carbons (Fsp3) is 0.273. The van der Waals surface area contributed by atoms with Crippen LogP contribution in [0.15, 0.2) is 58.2 Å². The summed E-state index contributed by atoms with van der Waals surface area (Å²) in [7, 11) is 0. The first-order valence-corrected chi connectivity index (χ1v) is 10.7. The van der Waals surface area contributed by atoms with E-state index >= 15 is 0 Å². The summed E-state index contributed by atoms with van der Waals surface area (Å²) in [5.74, 6) is 0.300. The van der Waals surface area contributed by atoms with E-state index in [1.807, 2.05) is 18.4 Å². The average molecular weight is 431 g/mol. The summed E-state index contributed by atoms with van der Waals surface area (Å²) in [5, 5.41) is 0. The number of hydrogen-bond acceptors (Lipinski definition) is 4. The molecule has 2 heterocycles. The number of nitrogens with zero attached hydrogens (tertiary/aromatic N) is 2. The van der Waals surface area contributed by atoms with Gasteiger partial charge in [-0.2, -0.15) is 13.2 Å². The van der Waals surface area contributed by atoms with E-state index in [-0.39, 0.29) is 5.56 Å². The monoisotopic (exact) mass is 431 g/mol. The molecule has 3 aromatic rings. The highest BCUT2D eigenvalue weighted by Gasteiger charge is 2.30. The second kappa shape index (κ2) is 8.28. The molecule has 1 aromatic heterocycles. The van der Waals surface area contributed by atoms with Crippen LogP contribution >= 0.6 is 11.8 Å². The molecule has 4 rings (SSSR count). The zero-order valence-electron chi connectivity index (χ0n) is 16.3. The summed E-state index contributed by atoms with van der Waals surface area (Å²) >= 11 is 1.70. The number of aromatic amines is 1. The third kappa shape index (κ3) is 4.29. The largest absolute Gasteiger partial charge is 0.416 e. The van der Waals surface area contributed by atoms with E-state index in [1.165, 1.54) is 22.6 Å². The number of alkyl halides is 3. The first-order valence-electron chi connectivity index (χ1n) is 9.49. The lowest BCUT2D eigenvalue weighted by Gasteiger charge is -2.28. The molecule has 156 valence electrons. The number of rotatable bonds is 4. The zero-order chi connectivity index (χ0) is 21.3. The fourth-order valence-electron chi connectivity index (χ4n) is 3.64. The normalized spacial score (nSPS) is 14.5. The van der Waals surface area contributed by atoms with Crippen molar-refractivity contribution in [3.05, 3.63) is 81.3 Å². The Kier molecular flexibility index (Phi) is 5.71. The van der Waals surface area contributed by atoms with Crippen molar-refractivity contribution < 1.29 is 13.2 Å². The molecule has 0 fully saturated rings. The summed E-state index contributed by atoms with van der Waals surface area (Å²) in [5.41, 5.74) is 2.05. The van der Waals surface area contributed by atoms with E-state index in [2.05, 4.69) is 27.0 Å². The van der Waals surface area contributed by atoms with Gasteiger partial charge in [-0.05, 0) is 30.0 Å². The standard InChI is InChI=1S/C22H20F3N3OS/c1-30-19-5-3-2-4-15(19)12-28-11-10-18-17(13-28)21(29)27-20(26-18)14-6-8-16(9-7-14)22(23,24)25/h2-9H,10-13H2,1H3,(H,26,27,29). The molecular formula is C22H20F3N3OS. The van der Waals surface area contributed by atoms with E-state index in [4.69, 9.17) is 0 Å². The molecule has 1 aliphatic rings. The molecule has 30 heavy (non-hydrogen) atoms. The van der Waals surface area contributed by atoms with Crippen molar-refractivity contribution in [3.8, 4) is 11.4 Å². The molecule has 2 aromatic carbocycles. The van der Waals surface area contributed by atoms with Gasteiger partial charge in [0.05, 0.1) is 16.8 Å². The Morgan fingerprint density at radius 3 is 2.57 bits per heavy atom. The maximum atomic E-state index is 12.8. The van der Waals surface area contributed by atoms with Crippen molar-refractivity contribution in [2.24, 2.45) is 0 Å². The second-order valence-corrected chi connectivity index (χ2v) is 8.04. The van der Waals surface area contributed by atoms with Gasteiger partial charge in [-0.1, -0.05) is 30.3 Å². The summed E-state index contributed by atoms with van der Waals surface area (Å²) in [4.78, 5) is 23.4. The topological polar surface area (TPSA) is 49.0 Å². The van der Waals surface area contributed by atoms with Crippen LogP contribution < -0.4 is 5.56 Å². The lowest BCUT2D eigenvalue weighted by Crippen LogP contribution is -2.35. The second-order valence-electron chi connectivity index (χ2n) is 7.19. The number of H-pyrrole nitrogens is 1. The van der Waals surface area contributed by atoms with Gasteiger partial charge in [0.25, 0.3) is 5.56 Å². The minimum absolute atomic E-state index is 0.238. The van der Waals surface area contributed by atoms with Crippen LogP contribution in [-0.4, -0.2) is 27.7 Å². The quantitative estimate of drug-likeness (QED) is 0.607. The Morgan fingerprint density at radius 2 is 1.87 bits per heavy atom. The summed E-state index contributed by atoms with van der Waals surface area (Å²) in [6.07, 6.45) is -1.73. The van der Waals surface area contributed by atoms with Crippen LogP contribution in [-0.2, 0) is 25.7 Å². The summed E-state index contributed by atoms with van der Waals surface area (Å²) < 4.78 is 38.3. The van der Waals surface area contributed by atoms with Gasteiger partial charge >= 0.3 is 6.18 Å². The number of hydrogen-bond donors (Lipinski definition) is 1. The third-order valence-corrected chi connectivity index (χ3v) is 6.06. The van der Waals surface area contributed by atoms with Crippen LogP contribution in [0.3, 0.4) is 0 Å². The highest BCUT2D eigenvalue weighted by molar-refractivity contribution is 7.98.